The van der Waals surface area contributed by atoms with Crippen LogP contribution in [-0.2, 0) is 9.59 Å². The van der Waals surface area contributed by atoms with Crippen molar-refractivity contribution in [1.82, 2.24) is 9.88 Å². The maximum Gasteiger partial charge on any atom is 0.258 e. The van der Waals surface area contributed by atoms with Gasteiger partial charge in [0.05, 0.1) is 16.3 Å². The molecule has 4 rings (SSSR count). The lowest BCUT2D eigenvalue weighted by molar-refractivity contribution is -0.136. The van der Waals surface area contributed by atoms with Crippen molar-refractivity contribution in [2.24, 2.45) is 11.8 Å². The molecular formula is C25H29ClN4O3. The normalized spacial score (nSPS) is 20.4. The summed E-state index contributed by atoms with van der Waals surface area (Å²) in [6.45, 7) is 3.62. The molecule has 1 aromatic heterocycles. The fraction of sp³-hybridized carbons (Fsp3) is 0.440. The average molecular weight is 469 g/mol. The van der Waals surface area contributed by atoms with Gasteiger partial charge in [-0.1, -0.05) is 23.2 Å². The molecule has 0 unspecified atom stereocenters. The number of aromatic nitrogens is 1. The lowest BCUT2D eigenvalue weighted by Crippen LogP contribution is -2.37. The number of carbonyl (C=O) groups is 3. The van der Waals surface area contributed by atoms with Crippen LogP contribution in [0.3, 0.4) is 0 Å². The summed E-state index contributed by atoms with van der Waals surface area (Å²) in [5.41, 5.74) is 1.74. The quantitative estimate of drug-likeness (QED) is 0.667. The average Bonchev–Trinajstić information content (AvgIpc) is 3.36. The van der Waals surface area contributed by atoms with Crippen LogP contribution < -0.4 is 10.6 Å². The van der Waals surface area contributed by atoms with E-state index in [-0.39, 0.29) is 29.6 Å². The molecule has 0 atom stereocenters. The van der Waals surface area contributed by atoms with E-state index in [2.05, 4.69) is 15.6 Å². The number of hydrogen-bond donors (Lipinski definition) is 2. The van der Waals surface area contributed by atoms with Crippen molar-refractivity contribution in [3.63, 3.8) is 0 Å². The van der Waals surface area contributed by atoms with E-state index in [0.717, 1.165) is 44.3 Å². The maximum atomic E-state index is 13.0. The number of benzene rings is 1. The Bertz CT molecular complexity index is 1030. The first-order valence-corrected chi connectivity index (χ1v) is 11.9. The lowest BCUT2D eigenvalue weighted by Gasteiger charge is -2.30. The Hall–Kier alpha value is -2.93. The molecule has 174 valence electrons. The number of rotatable bonds is 5. The summed E-state index contributed by atoms with van der Waals surface area (Å²) in [7, 11) is 0. The number of pyridine rings is 1. The molecule has 1 saturated heterocycles. The van der Waals surface area contributed by atoms with Crippen molar-refractivity contribution >= 4 is 40.8 Å². The predicted octanol–water partition coefficient (Wildman–Crippen LogP) is 4.66. The van der Waals surface area contributed by atoms with Gasteiger partial charge >= 0.3 is 0 Å². The summed E-state index contributed by atoms with van der Waals surface area (Å²) in [6, 6.07) is 8.62. The molecule has 3 amide bonds. The van der Waals surface area contributed by atoms with Crippen LogP contribution in [0.15, 0.2) is 36.5 Å². The second kappa shape index (κ2) is 10.3. The van der Waals surface area contributed by atoms with Crippen LogP contribution in [0.5, 0.6) is 0 Å². The Balaban J connectivity index is 1.38. The predicted molar refractivity (Wildman–Crippen MR) is 128 cm³/mol. The molecule has 7 nitrogen and oxygen atoms in total. The molecule has 2 aromatic rings. The van der Waals surface area contributed by atoms with Gasteiger partial charge in [0.25, 0.3) is 5.91 Å². The van der Waals surface area contributed by atoms with Gasteiger partial charge in [-0.2, -0.15) is 0 Å². The first kappa shape index (κ1) is 23.2. The summed E-state index contributed by atoms with van der Waals surface area (Å²) in [5.74, 6) is 0.0275. The molecule has 8 heteroatoms. The van der Waals surface area contributed by atoms with Crippen LogP contribution in [0.2, 0.25) is 5.02 Å². The van der Waals surface area contributed by atoms with Crippen LogP contribution in [0, 0.1) is 18.8 Å². The van der Waals surface area contributed by atoms with Gasteiger partial charge in [0.15, 0.2) is 0 Å². The minimum atomic E-state index is -0.358. The lowest BCUT2D eigenvalue weighted by atomic mass is 9.81. The van der Waals surface area contributed by atoms with Crippen LogP contribution >= 0.6 is 11.6 Å². The zero-order chi connectivity index (χ0) is 23.4. The SMILES string of the molecule is Cc1ccc(NC(=O)C2CCC(C(=O)N3CCCC3)CC2)c(C(=O)Nc2ccc(Cl)cn2)c1. The van der Waals surface area contributed by atoms with Gasteiger partial charge < -0.3 is 15.5 Å². The number of anilines is 2. The summed E-state index contributed by atoms with van der Waals surface area (Å²) in [4.78, 5) is 44.6. The van der Waals surface area contributed by atoms with Crippen molar-refractivity contribution in [2.75, 3.05) is 23.7 Å². The summed E-state index contributed by atoms with van der Waals surface area (Å²) in [6.07, 6.45) is 6.46. The van der Waals surface area contributed by atoms with E-state index < -0.39 is 0 Å². The fourth-order valence-electron chi connectivity index (χ4n) is 4.62. The molecule has 1 aromatic carbocycles. The van der Waals surface area contributed by atoms with E-state index >= 15 is 0 Å². The molecule has 2 heterocycles. The van der Waals surface area contributed by atoms with Crippen molar-refractivity contribution in [1.29, 1.82) is 0 Å². The van der Waals surface area contributed by atoms with Crippen LogP contribution in [0.1, 0.15) is 54.4 Å². The molecule has 2 N–H and O–H groups in total. The standard InChI is InChI=1S/C25H29ClN4O3/c1-16-4-10-21(20(14-16)24(32)29-22-11-9-19(26)15-27-22)28-23(31)17-5-7-18(8-6-17)25(33)30-12-2-3-13-30/h4,9-11,14-15,17-18H,2-3,5-8,12-13H2,1H3,(H,28,31)(H,27,29,32). The minimum absolute atomic E-state index is 0.0275. The maximum absolute atomic E-state index is 13.0. The van der Waals surface area contributed by atoms with Gasteiger partial charge in [0.1, 0.15) is 5.82 Å². The summed E-state index contributed by atoms with van der Waals surface area (Å²) in [5, 5.41) is 6.17. The summed E-state index contributed by atoms with van der Waals surface area (Å²) < 4.78 is 0. The van der Waals surface area contributed by atoms with E-state index in [1.165, 1.54) is 6.20 Å². The number of amides is 3. The van der Waals surface area contributed by atoms with Crippen molar-refractivity contribution in [2.45, 2.75) is 45.4 Å². The Morgan fingerprint density at radius 1 is 0.970 bits per heavy atom. The number of nitrogens with one attached hydrogen (secondary N) is 2. The van der Waals surface area contributed by atoms with Crippen LogP contribution in [0.4, 0.5) is 11.5 Å². The monoisotopic (exact) mass is 468 g/mol. The van der Waals surface area contributed by atoms with Crippen molar-refractivity contribution in [3.8, 4) is 0 Å². The molecule has 1 aliphatic carbocycles. The molecule has 1 aliphatic heterocycles. The fourth-order valence-corrected chi connectivity index (χ4v) is 4.73. The topological polar surface area (TPSA) is 91.4 Å². The van der Waals surface area contributed by atoms with Crippen LogP contribution in [-0.4, -0.2) is 40.7 Å². The molecule has 0 radical (unpaired) electrons. The van der Waals surface area contributed by atoms with E-state index in [1.54, 1.807) is 24.3 Å². The second-order valence-electron chi connectivity index (χ2n) is 8.94. The summed E-state index contributed by atoms with van der Waals surface area (Å²) >= 11 is 5.86. The third-order valence-corrected chi connectivity index (χ3v) is 6.74. The zero-order valence-corrected chi connectivity index (χ0v) is 19.5. The number of aryl methyl sites for hydroxylation is 1. The highest BCUT2D eigenvalue weighted by Crippen LogP contribution is 2.32. The van der Waals surface area contributed by atoms with E-state index in [1.807, 2.05) is 17.9 Å². The second-order valence-corrected chi connectivity index (χ2v) is 9.37. The van der Waals surface area contributed by atoms with Gasteiger partial charge in [-0.05, 0) is 69.7 Å². The molecule has 0 bridgehead atoms. The zero-order valence-electron chi connectivity index (χ0n) is 18.8. The van der Waals surface area contributed by atoms with Gasteiger partial charge in [0.2, 0.25) is 11.8 Å². The van der Waals surface area contributed by atoms with Gasteiger partial charge in [-0.3, -0.25) is 14.4 Å². The largest absolute Gasteiger partial charge is 0.342 e. The highest BCUT2D eigenvalue weighted by Gasteiger charge is 2.33. The van der Waals surface area contributed by atoms with Crippen LogP contribution in [0.25, 0.3) is 0 Å². The van der Waals surface area contributed by atoms with Gasteiger partial charge in [-0.25, -0.2) is 4.98 Å². The van der Waals surface area contributed by atoms with Crippen molar-refractivity contribution < 1.29 is 14.4 Å². The number of halogens is 1. The Kier molecular flexibility index (Phi) is 7.28. The van der Waals surface area contributed by atoms with Gasteiger partial charge in [-0.15, -0.1) is 0 Å². The molecule has 1 saturated carbocycles. The number of likely N-dealkylation sites (tertiary alicyclic amines) is 1. The highest BCUT2D eigenvalue weighted by atomic mass is 35.5. The molecule has 2 aliphatic rings. The Morgan fingerprint density at radius 2 is 1.67 bits per heavy atom. The van der Waals surface area contributed by atoms with E-state index in [9.17, 15) is 14.4 Å². The number of nitrogens with zero attached hydrogens (tertiary/aromatic N) is 2. The van der Waals surface area contributed by atoms with E-state index in [0.29, 0.717) is 34.9 Å². The molecule has 33 heavy (non-hydrogen) atoms. The highest BCUT2D eigenvalue weighted by molar-refractivity contribution is 6.30. The van der Waals surface area contributed by atoms with E-state index in [4.69, 9.17) is 11.6 Å². The first-order valence-electron chi connectivity index (χ1n) is 11.5. The third kappa shape index (κ3) is 5.71. The molecule has 0 spiro atoms. The number of carbonyl (C=O) groups excluding carboxylic acids is 3. The third-order valence-electron chi connectivity index (χ3n) is 6.51. The first-order chi connectivity index (χ1) is 15.9. The molecule has 2 fully saturated rings. The number of hydrogen-bond acceptors (Lipinski definition) is 4. The van der Waals surface area contributed by atoms with Gasteiger partial charge in [0, 0.05) is 31.1 Å². The smallest absolute Gasteiger partial charge is 0.258 e. The van der Waals surface area contributed by atoms with Crippen molar-refractivity contribution in [3.05, 3.63) is 52.7 Å². The molecular weight excluding hydrogens is 440 g/mol. The Labute approximate surface area is 198 Å². The minimum Gasteiger partial charge on any atom is -0.342 e. The Morgan fingerprint density at radius 3 is 2.33 bits per heavy atom.